The molecule has 0 aromatic rings. The number of esters is 1. The highest BCUT2D eigenvalue weighted by molar-refractivity contribution is 5.74. The average Bonchev–Trinajstić information content (AvgIpc) is 2.29. The van der Waals surface area contributed by atoms with Crippen LogP contribution in [0.15, 0.2) is 12.2 Å². The first-order chi connectivity index (χ1) is 9.22. The van der Waals surface area contributed by atoms with Gasteiger partial charge >= 0.3 is 18.3 Å². The zero-order valence-corrected chi connectivity index (χ0v) is 11.5. The van der Waals surface area contributed by atoms with Gasteiger partial charge in [0.05, 0.1) is 5.92 Å². The van der Waals surface area contributed by atoms with Gasteiger partial charge in [-0.1, -0.05) is 26.0 Å². The second-order valence-electron chi connectivity index (χ2n) is 4.88. The van der Waals surface area contributed by atoms with Crippen LogP contribution in [0.2, 0.25) is 0 Å². The Hall–Kier alpha value is -1.25. The van der Waals surface area contributed by atoms with Crippen LogP contribution in [0, 0.1) is 11.8 Å². The van der Waals surface area contributed by atoms with Gasteiger partial charge < -0.3 is 9.84 Å². The maximum absolute atomic E-state index is 12.3. The molecule has 1 atom stereocenters. The van der Waals surface area contributed by atoms with Crippen LogP contribution in [0.1, 0.15) is 20.8 Å². The van der Waals surface area contributed by atoms with Crippen molar-refractivity contribution in [1.29, 1.82) is 0 Å². The number of halogens is 6. The van der Waals surface area contributed by atoms with Gasteiger partial charge in [-0.25, -0.2) is 0 Å². The SMILES string of the molecule is CC(C)/C=C\C(C)C(=O)OCC(O)(C(F)(F)F)C(F)(F)F. The van der Waals surface area contributed by atoms with Crippen LogP contribution >= 0.6 is 0 Å². The molecule has 0 rings (SSSR count). The summed E-state index contributed by atoms with van der Waals surface area (Å²) < 4.78 is 78.0. The highest BCUT2D eigenvalue weighted by atomic mass is 19.4. The van der Waals surface area contributed by atoms with E-state index in [1.54, 1.807) is 19.9 Å². The predicted molar refractivity (Wildman–Crippen MR) is 61.2 cm³/mol. The highest BCUT2D eigenvalue weighted by Crippen LogP contribution is 2.43. The van der Waals surface area contributed by atoms with Crippen molar-refractivity contribution < 1.29 is 41.0 Å². The van der Waals surface area contributed by atoms with Crippen molar-refractivity contribution in [1.82, 2.24) is 0 Å². The molecule has 0 fully saturated rings. The number of ether oxygens (including phenoxy) is 1. The number of carbonyl (C=O) groups excluding carboxylic acids is 1. The predicted octanol–water partition coefficient (Wildman–Crippen LogP) is 3.23. The summed E-state index contributed by atoms with van der Waals surface area (Å²) in [6.45, 7) is 2.54. The summed E-state index contributed by atoms with van der Waals surface area (Å²) in [7, 11) is 0. The van der Waals surface area contributed by atoms with Crippen LogP contribution in [-0.2, 0) is 9.53 Å². The number of hydrogen-bond donors (Lipinski definition) is 1. The fourth-order valence-corrected chi connectivity index (χ4v) is 1.10. The van der Waals surface area contributed by atoms with Crippen molar-refractivity contribution in [3.8, 4) is 0 Å². The summed E-state index contributed by atoms with van der Waals surface area (Å²) in [5.74, 6) is -2.28. The number of carbonyl (C=O) groups is 1. The monoisotopic (exact) mass is 322 g/mol. The Kier molecular flexibility index (Phi) is 6.28. The minimum atomic E-state index is -6.01. The summed E-state index contributed by atoms with van der Waals surface area (Å²) in [5.41, 5.74) is -5.09. The molecular formula is C12H16F6O3. The number of aliphatic hydroxyl groups is 1. The van der Waals surface area contributed by atoms with E-state index in [0.717, 1.165) is 0 Å². The molecule has 21 heavy (non-hydrogen) atoms. The topological polar surface area (TPSA) is 46.5 Å². The molecule has 0 radical (unpaired) electrons. The number of hydrogen-bond acceptors (Lipinski definition) is 3. The first-order valence-corrected chi connectivity index (χ1v) is 5.93. The van der Waals surface area contributed by atoms with Crippen molar-refractivity contribution in [3.05, 3.63) is 12.2 Å². The molecule has 0 aliphatic carbocycles. The Morgan fingerprint density at radius 3 is 1.81 bits per heavy atom. The average molecular weight is 322 g/mol. The molecule has 9 heteroatoms. The summed E-state index contributed by atoms with van der Waals surface area (Å²) in [4.78, 5) is 11.3. The van der Waals surface area contributed by atoms with Gasteiger partial charge in [0.2, 0.25) is 0 Å². The molecule has 0 aromatic carbocycles. The van der Waals surface area contributed by atoms with E-state index >= 15 is 0 Å². The minimum absolute atomic E-state index is 0.0440. The molecular weight excluding hydrogens is 306 g/mol. The van der Waals surface area contributed by atoms with Crippen LogP contribution in [-0.4, -0.2) is 35.6 Å². The van der Waals surface area contributed by atoms with E-state index in [1.165, 1.54) is 13.0 Å². The third-order valence-corrected chi connectivity index (χ3v) is 2.52. The lowest BCUT2D eigenvalue weighted by Gasteiger charge is -2.31. The minimum Gasteiger partial charge on any atom is -0.461 e. The van der Waals surface area contributed by atoms with E-state index in [4.69, 9.17) is 5.11 Å². The van der Waals surface area contributed by atoms with Gasteiger partial charge in [-0.3, -0.25) is 4.79 Å². The van der Waals surface area contributed by atoms with Gasteiger partial charge in [0.25, 0.3) is 5.60 Å². The molecule has 0 bridgehead atoms. The zero-order valence-electron chi connectivity index (χ0n) is 11.5. The van der Waals surface area contributed by atoms with Crippen molar-refractivity contribution >= 4 is 5.97 Å². The first kappa shape index (κ1) is 19.8. The highest BCUT2D eigenvalue weighted by Gasteiger charge is 2.71. The van der Waals surface area contributed by atoms with Crippen LogP contribution < -0.4 is 0 Å². The van der Waals surface area contributed by atoms with Crippen molar-refractivity contribution in [2.24, 2.45) is 11.8 Å². The Labute approximate surface area is 117 Å². The van der Waals surface area contributed by atoms with Gasteiger partial charge in [-0.2, -0.15) is 26.3 Å². The second kappa shape index (κ2) is 6.67. The van der Waals surface area contributed by atoms with E-state index in [0.29, 0.717) is 0 Å². The molecule has 1 N–H and O–H groups in total. The Balaban J connectivity index is 4.91. The number of allylic oxidation sites excluding steroid dienone is 1. The molecule has 0 spiro atoms. The molecule has 1 unspecified atom stereocenters. The Morgan fingerprint density at radius 2 is 1.48 bits per heavy atom. The van der Waals surface area contributed by atoms with Crippen molar-refractivity contribution in [2.75, 3.05) is 6.61 Å². The van der Waals surface area contributed by atoms with E-state index < -0.39 is 36.4 Å². The van der Waals surface area contributed by atoms with E-state index in [9.17, 15) is 31.1 Å². The molecule has 3 nitrogen and oxygen atoms in total. The van der Waals surface area contributed by atoms with Gasteiger partial charge in [-0.05, 0) is 12.8 Å². The second-order valence-corrected chi connectivity index (χ2v) is 4.88. The van der Waals surface area contributed by atoms with E-state index in [1.807, 2.05) is 0 Å². The van der Waals surface area contributed by atoms with Gasteiger partial charge in [-0.15, -0.1) is 0 Å². The van der Waals surface area contributed by atoms with Crippen LogP contribution in [0.5, 0.6) is 0 Å². The Morgan fingerprint density at radius 1 is 1.05 bits per heavy atom. The van der Waals surface area contributed by atoms with E-state index in [2.05, 4.69) is 4.74 Å². The van der Waals surface area contributed by atoms with E-state index in [-0.39, 0.29) is 5.92 Å². The molecule has 0 aliphatic heterocycles. The Bertz CT molecular complexity index is 369. The van der Waals surface area contributed by atoms with Crippen LogP contribution in [0.3, 0.4) is 0 Å². The lowest BCUT2D eigenvalue weighted by atomic mass is 10.0. The summed E-state index contributed by atoms with van der Waals surface area (Å²) in [6, 6.07) is 0. The lowest BCUT2D eigenvalue weighted by Crippen LogP contribution is -2.60. The first-order valence-electron chi connectivity index (χ1n) is 5.93. The molecule has 0 saturated heterocycles. The molecule has 0 aromatic heterocycles. The maximum atomic E-state index is 12.3. The molecule has 0 saturated carbocycles. The normalized spacial score (nSPS) is 15.6. The standard InChI is InChI=1S/C12H16F6O3/c1-7(2)4-5-8(3)9(19)21-6-10(20,11(13,14)15)12(16,17)18/h4-5,7-8,20H,6H2,1-3H3/b5-4-. The molecule has 0 aliphatic rings. The van der Waals surface area contributed by atoms with Crippen molar-refractivity contribution in [3.63, 3.8) is 0 Å². The largest absolute Gasteiger partial charge is 0.461 e. The fraction of sp³-hybridized carbons (Fsp3) is 0.750. The summed E-state index contributed by atoms with van der Waals surface area (Å²) in [6.07, 6.45) is -9.18. The third kappa shape index (κ3) is 5.22. The van der Waals surface area contributed by atoms with Gasteiger partial charge in [0.15, 0.2) is 0 Å². The van der Waals surface area contributed by atoms with Crippen LogP contribution in [0.25, 0.3) is 0 Å². The summed E-state index contributed by atoms with van der Waals surface area (Å²) in [5, 5.41) is 8.79. The molecule has 0 amide bonds. The third-order valence-electron chi connectivity index (χ3n) is 2.52. The quantitative estimate of drug-likeness (QED) is 0.480. The lowest BCUT2D eigenvalue weighted by molar-refractivity contribution is -0.375. The van der Waals surface area contributed by atoms with Crippen LogP contribution in [0.4, 0.5) is 26.3 Å². The smallest absolute Gasteiger partial charge is 0.429 e. The maximum Gasteiger partial charge on any atom is 0.429 e. The van der Waals surface area contributed by atoms with Crippen molar-refractivity contribution in [2.45, 2.75) is 38.7 Å². The molecule has 124 valence electrons. The number of alkyl halides is 6. The van der Waals surface area contributed by atoms with Gasteiger partial charge in [0.1, 0.15) is 6.61 Å². The van der Waals surface area contributed by atoms with Gasteiger partial charge in [0, 0.05) is 0 Å². The number of rotatable bonds is 5. The fourth-order valence-electron chi connectivity index (χ4n) is 1.10. The molecule has 0 heterocycles. The summed E-state index contributed by atoms with van der Waals surface area (Å²) >= 11 is 0. The zero-order chi connectivity index (χ0) is 17.1.